The Morgan fingerprint density at radius 1 is 1.28 bits per heavy atom. The quantitative estimate of drug-likeness (QED) is 0.753. The van der Waals surface area contributed by atoms with Crippen LogP contribution < -0.4 is 4.74 Å². The second-order valence-electron chi connectivity index (χ2n) is 8.00. The van der Waals surface area contributed by atoms with Gasteiger partial charge in [-0.1, -0.05) is 15.9 Å². The van der Waals surface area contributed by atoms with Gasteiger partial charge in [-0.25, -0.2) is 4.79 Å². The molecular weight excluding hydrogens is 384 g/mol. The van der Waals surface area contributed by atoms with Gasteiger partial charge in [0.05, 0.1) is 7.11 Å². The Balaban J connectivity index is 1.69. The molecule has 0 atom stereocenters. The van der Waals surface area contributed by atoms with E-state index in [-0.39, 0.29) is 11.6 Å². The summed E-state index contributed by atoms with van der Waals surface area (Å²) >= 11 is 3.55. The molecule has 1 heterocycles. The summed E-state index contributed by atoms with van der Waals surface area (Å²) in [5.41, 5.74) is 0.825. The number of rotatable bonds is 3. The summed E-state index contributed by atoms with van der Waals surface area (Å²) in [6.45, 7) is 8.87. The number of methoxy groups -OCH3 is 1. The van der Waals surface area contributed by atoms with E-state index in [0.717, 1.165) is 42.7 Å². The fraction of sp³-hybridized carbons (Fsp3) is 0.632. The molecule has 1 saturated heterocycles. The molecular formula is C19H27BrN2O3. The minimum atomic E-state index is -0.450. The first-order valence-electron chi connectivity index (χ1n) is 8.78. The predicted octanol–water partition coefficient (Wildman–Crippen LogP) is 4.04. The van der Waals surface area contributed by atoms with Gasteiger partial charge in [0.2, 0.25) is 0 Å². The van der Waals surface area contributed by atoms with Crippen molar-refractivity contribution >= 4 is 22.0 Å². The molecule has 0 radical (unpaired) electrons. The Kier molecular flexibility index (Phi) is 5.04. The molecule has 1 saturated carbocycles. The maximum absolute atomic E-state index is 12.4. The normalized spacial score (nSPS) is 19.8. The summed E-state index contributed by atoms with van der Waals surface area (Å²) in [6.07, 6.45) is 2.06. The van der Waals surface area contributed by atoms with Crippen molar-refractivity contribution < 1.29 is 14.3 Å². The van der Waals surface area contributed by atoms with Crippen LogP contribution in [0.3, 0.4) is 0 Å². The molecule has 0 N–H and O–H groups in total. The third kappa shape index (κ3) is 4.29. The molecule has 2 fully saturated rings. The molecule has 2 aliphatic rings. The Morgan fingerprint density at radius 3 is 2.60 bits per heavy atom. The fourth-order valence-electron chi connectivity index (χ4n) is 3.44. The number of hydrogen-bond donors (Lipinski definition) is 0. The Hall–Kier alpha value is -1.27. The maximum Gasteiger partial charge on any atom is 0.410 e. The highest BCUT2D eigenvalue weighted by Crippen LogP contribution is 2.45. The van der Waals surface area contributed by atoms with E-state index in [9.17, 15) is 4.79 Å². The number of piperazine rings is 1. The van der Waals surface area contributed by atoms with Gasteiger partial charge in [0.15, 0.2) is 0 Å². The van der Waals surface area contributed by atoms with Crippen molar-refractivity contribution in [2.24, 2.45) is 0 Å². The van der Waals surface area contributed by atoms with Gasteiger partial charge >= 0.3 is 6.09 Å². The van der Waals surface area contributed by atoms with Gasteiger partial charge in [-0.2, -0.15) is 0 Å². The molecule has 6 heteroatoms. The largest absolute Gasteiger partial charge is 0.496 e. The van der Waals surface area contributed by atoms with Crippen molar-refractivity contribution in [3.8, 4) is 5.75 Å². The van der Waals surface area contributed by atoms with Gasteiger partial charge in [-0.05, 0) is 51.8 Å². The zero-order valence-corrected chi connectivity index (χ0v) is 17.1. The molecule has 0 unspecified atom stereocenters. The molecule has 1 aromatic rings. The predicted molar refractivity (Wildman–Crippen MR) is 101 cm³/mol. The monoisotopic (exact) mass is 410 g/mol. The molecule has 1 aliphatic carbocycles. The van der Waals surface area contributed by atoms with E-state index < -0.39 is 5.60 Å². The van der Waals surface area contributed by atoms with Gasteiger partial charge in [0.1, 0.15) is 11.4 Å². The molecule has 25 heavy (non-hydrogen) atoms. The Bertz CT molecular complexity index is 653. The molecule has 1 aliphatic heterocycles. The van der Waals surface area contributed by atoms with Gasteiger partial charge in [0, 0.05) is 41.8 Å². The summed E-state index contributed by atoms with van der Waals surface area (Å²) in [5.74, 6) is 0.911. The minimum Gasteiger partial charge on any atom is -0.496 e. The highest BCUT2D eigenvalue weighted by molar-refractivity contribution is 9.10. The number of carbonyl (C=O) groups excluding carboxylic acids is 1. The van der Waals surface area contributed by atoms with Crippen molar-refractivity contribution in [2.45, 2.75) is 51.3 Å². The Morgan fingerprint density at radius 2 is 2.00 bits per heavy atom. The highest BCUT2D eigenvalue weighted by Gasteiger charge is 2.52. The van der Waals surface area contributed by atoms with E-state index in [0.29, 0.717) is 6.54 Å². The molecule has 0 aromatic heterocycles. The second kappa shape index (κ2) is 6.80. The Labute approximate surface area is 158 Å². The number of halogens is 1. The summed E-state index contributed by atoms with van der Waals surface area (Å²) in [5, 5.41) is 0. The zero-order valence-electron chi connectivity index (χ0n) is 15.5. The SMILES string of the molecule is COc1ccc(Br)cc1CN1CCN(C(=O)OC(C)(C)C)CC12CC2. The van der Waals surface area contributed by atoms with Gasteiger partial charge in [0.25, 0.3) is 0 Å². The van der Waals surface area contributed by atoms with E-state index in [1.54, 1.807) is 7.11 Å². The average Bonchev–Trinajstić information content (AvgIpc) is 3.28. The summed E-state index contributed by atoms with van der Waals surface area (Å²) in [6, 6.07) is 6.11. The first kappa shape index (κ1) is 18.5. The molecule has 1 amide bonds. The van der Waals surface area contributed by atoms with Crippen molar-refractivity contribution in [3.05, 3.63) is 28.2 Å². The lowest BCUT2D eigenvalue weighted by atomic mass is 10.1. The van der Waals surface area contributed by atoms with Crippen molar-refractivity contribution in [2.75, 3.05) is 26.7 Å². The van der Waals surface area contributed by atoms with Crippen LogP contribution in [0, 0.1) is 0 Å². The summed E-state index contributed by atoms with van der Waals surface area (Å²) in [7, 11) is 1.71. The van der Waals surface area contributed by atoms with Crippen molar-refractivity contribution in [1.29, 1.82) is 0 Å². The topological polar surface area (TPSA) is 42.0 Å². The van der Waals surface area contributed by atoms with Crippen LogP contribution in [0.4, 0.5) is 4.79 Å². The average molecular weight is 411 g/mol. The molecule has 138 valence electrons. The van der Waals surface area contributed by atoms with E-state index in [1.807, 2.05) is 37.8 Å². The van der Waals surface area contributed by atoms with Crippen LogP contribution in [0.1, 0.15) is 39.2 Å². The third-order valence-electron chi connectivity index (χ3n) is 4.88. The van der Waals surface area contributed by atoms with Gasteiger partial charge < -0.3 is 14.4 Å². The summed E-state index contributed by atoms with van der Waals surface area (Å²) in [4.78, 5) is 16.8. The van der Waals surface area contributed by atoms with Crippen LogP contribution in [0.15, 0.2) is 22.7 Å². The number of ether oxygens (including phenoxy) is 2. The fourth-order valence-corrected chi connectivity index (χ4v) is 3.85. The van der Waals surface area contributed by atoms with E-state index in [1.165, 1.54) is 5.56 Å². The molecule has 1 spiro atoms. The number of benzene rings is 1. The number of carbonyl (C=O) groups is 1. The van der Waals surface area contributed by atoms with E-state index in [4.69, 9.17) is 9.47 Å². The minimum absolute atomic E-state index is 0.0997. The highest BCUT2D eigenvalue weighted by atomic mass is 79.9. The van der Waals surface area contributed by atoms with E-state index >= 15 is 0 Å². The molecule has 5 nitrogen and oxygen atoms in total. The first-order chi connectivity index (χ1) is 11.7. The lowest BCUT2D eigenvalue weighted by Crippen LogP contribution is -2.56. The van der Waals surface area contributed by atoms with Gasteiger partial charge in [-0.3, -0.25) is 4.90 Å². The molecule has 3 rings (SSSR count). The van der Waals surface area contributed by atoms with Crippen LogP contribution in [0.25, 0.3) is 0 Å². The van der Waals surface area contributed by atoms with Crippen LogP contribution in [-0.4, -0.2) is 53.8 Å². The number of nitrogens with zero attached hydrogens (tertiary/aromatic N) is 2. The van der Waals surface area contributed by atoms with E-state index in [2.05, 4.69) is 26.9 Å². The number of amides is 1. The smallest absolute Gasteiger partial charge is 0.410 e. The third-order valence-corrected chi connectivity index (χ3v) is 5.37. The van der Waals surface area contributed by atoms with Gasteiger partial charge in [-0.15, -0.1) is 0 Å². The van der Waals surface area contributed by atoms with Crippen molar-refractivity contribution in [1.82, 2.24) is 9.80 Å². The standard InChI is InChI=1S/C19H27BrN2O3/c1-18(2,3)25-17(23)21-9-10-22(19(13-21)7-8-19)12-14-11-15(20)5-6-16(14)24-4/h5-6,11H,7-10,12-13H2,1-4H3. The maximum atomic E-state index is 12.4. The first-order valence-corrected chi connectivity index (χ1v) is 9.57. The van der Waals surface area contributed by atoms with Crippen LogP contribution >= 0.6 is 15.9 Å². The lowest BCUT2D eigenvalue weighted by Gasteiger charge is -2.42. The molecule has 0 bridgehead atoms. The second-order valence-corrected chi connectivity index (χ2v) is 8.92. The van der Waals surface area contributed by atoms with Crippen LogP contribution in [-0.2, 0) is 11.3 Å². The zero-order chi connectivity index (χ0) is 18.2. The molecule has 1 aromatic carbocycles. The summed E-state index contributed by atoms with van der Waals surface area (Å²) < 4.78 is 12.1. The number of hydrogen-bond acceptors (Lipinski definition) is 4. The van der Waals surface area contributed by atoms with Crippen molar-refractivity contribution in [3.63, 3.8) is 0 Å². The lowest BCUT2D eigenvalue weighted by molar-refractivity contribution is -0.00251. The van der Waals surface area contributed by atoms with Crippen LogP contribution in [0.5, 0.6) is 5.75 Å². The van der Waals surface area contributed by atoms with Crippen LogP contribution in [0.2, 0.25) is 0 Å².